The van der Waals surface area contributed by atoms with Crippen LogP contribution in [0.1, 0.15) is 38.7 Å². The summed E-state index contributed by atoms with van der Waals surface area (Å²) in [5.74, 6) is -0.700. The fourth-order valence-electron chi connectivity index (χ4n) is 1.79. The number of carboxylic acids is 1. The molecule has 0 saturated carbocycles. The molecule has 0 radical (unpaired) electrons. The highest BCUT2D eigenvalue weighted by atomic mass is 16.5. The van der Waals surface area contributed by atoms with Crippen LogP contribution in [-0.2, 0) is 9.59 Å². The molecule has 21 heavy (non-hydrogen) atoms. The molecule has 2 N–H and O–H groups in total. The molecular formula is C16H23NO4. The van der Waals surface area contributed by atoms with Crippen LogP contribution in [0.2, 0.25) is 0 Å². The van der Waals surface area contributed by atoms with Crippen molar-refractivity contribution in [2.24, 2.45) is 5.92 Å². The van der Waals surface area contributed by atoms with E-state index in [0.29, 0.717) is 18.1 Å². The third-order valence-corrected chi connectivity index (χ3v) is 3.30. The second-order valence-electron chi connectivity index (χ2n) is 5.26. The maximum absolute atomic E-state index is 11.6. The van der Waals surface area contributed by atoms with Gasteiger partial charge in [-0.1, -0.05) is 32.9 Å². The molecule has 0 aliphatic heterocycles. The lowest BCUT2D eigenvalue weighted by Crippen LogP contribution is -2.35. The number of carbonyl (C=O) groups is 2. The predicted octanol–water partition coefficient (Wildman–Crippen LogP) is 2.42. The lowest BCUT2D eigenvalue weighted by atomic mass is 10.0. The molecule has 0 heterocycles. The Kier molecular flexibility index (Phi) is 6.72. The van der Waals surface area contributed by atoms with Gasteiger partial charge in [-0.25, -0.2) is 0 Å². The molecule has 1 aromatic carbocycles. The number of carbonyl (C=O) groups excluding carboxylic acids is 1. The van der Waals surface area contributed by atoms with Crippen molar-refractivity contribution in [2.75, 3.05) is 13.2 Å². The number of benzene rings is 1. The van der Waals surface area contributed by atoms with Crippen LogP contribution in [0, 0.1) is 5.92 Å². The number of carboxylic acid groups (broad SMARTS) is 1. The van der Waals surface area contributed by atoms with Crippen LogP contribution in [0.4, 0.5) is 0 Å². The Hall–Kier alpha value is -2.04. The summed E-state index contributed by atoms with van der Waals surface area (Å²) in [6.07, 6.45) is 0.479. The summed E-state index contributed by atoms with van der Waals surface area (Å²) in [4.78, 5) is 22.4. The van der Waals surface area contributed by atoms with E-state index in [0.717, 1.165) is 0 Å². The van der Waals surface area contributed by atoms with Crippen LogP contribution >= 0.6 is 0 Å². The molecular weight excluding hydrogens is 270 g/mol. The van der Waals surface area contributed by atoms with E-state index in [1.165, 1.54) is 5.56 Å². The summed E-state index contributed by atoms with van der Waals surface area (Å²) >= 11 is 0. The van der Waals surface area contributed by atoms with Gasteiger partial charge in [-0.05, 0) is 30.0 Å². The molecule has 116 valence electrons. The number of ether oxygens (including phenoxy) is 1. The van der Waals surface area contributed by atoms with E-state index in [4.69, 9.17) is 9.84 Å². The fourth-order valence-corrected chi connectivity index (χ4v) is 1.79. The summed E-state index contributed by atoms with van der Waals surface area (Å²) in [6.45, 7) is 6.00. The molecule has 0 bridgehead atoms. The number of hydrogen-bond acceptors (Lipinski definition) is 3. The number of hydrogen-bond donors (Lipinski definition) is 2. The van der Waals surface area contributed by atoms with Gasteiger partial charge in [0.2, 0.25) is 0 Å². The first-order chi connectivity index (χ1) is 9.93. The number of aliphatic carboxylic acids is 1. The molecule has 1 rings (SSSR count). The highest BCUT2D eigenvalue weighted by Crippen LogP contribution is 2.18. The van der Waals surface area contributed by atoms with Crippen LogP contribution in [0.5, 0.6) is 5.75 Å². The summed E-state index contributed by atoms with van der Waals surface area (Å²) < 4.78 is 5.37. The minimum absolute atomic E-state index is 0.114. The summed E-state index contributed by atoms with van der Waals surface area (Å²) in [6, 6.07) is 7.59. The first-order valence-corrected chi connectivity index (χ1v) is 7.16. The van der Waals surface area contributed by atoms with Crippen LogP contribution in [0.15, 0.2) is 24.3 Å². The lowest BCUT2D eigenvalue weighted by molar-refractivity contribution is -0.141. The number of amides is 1. The Labute approximate surface area is 125 Å². The molecule has 0 aromatic heterocycles. The zero-order chi connectivity index (χ0) is 15.8. The molecule has 1 unspecified atom stereocenters. The molecule has 0 saturated heterocycles. The van der Waals surface area contributed by atoms with E-state index < -0.39 is 11.9 Å². The quantitative estimate of drug-likeness (QED) is 0.772. The fraction of sp³-hybridized carbons (Fsp3) is 0.500. The molecule has 1 amide bonds. The van der Waals surface area contributed by atoms with Crippen LogP contribution < -0.4 is 10.1 Å². The van der Waals surface area contributed by atoms with Gasteiger partial charge in [0.1, 0.15) is 5.75 Å². The smallest absolute Gasteiger partial charge is 0.308 e. The van der Waals surface area contributed by atoms with Crippen LogP contribution in [0.3, 0.4) is 0 Å². The van der Waals surface area contributed by atoms with Gasteiger partial charge in [0, 0.05) is 6.54 Å². The van der Waals surface area contributed by atoms with E-state index >= 15 is 0 Å². The minimum Gasteiger partial charge on any atom is -0.484 e. The average Bonchev–Trinajstić information content (AvgIpc) is 2.45. The number of rotatable bonds is 8. The third-order valence-electron chi connectivity index (χ3n) is 3.30. The Bertz CT molecular complexity index is 468. The molecule has 0 spiro atoms. The van der Waals surface area contributed by atoms with Gasteiger partial charge < -0.3 is 15.2 Å². The van der Waals surface area contributed by atoms with Crippen molar-refractivity contribution in [3.05, 3.63) is 29.8 Å². The van der Waals surface area contributed by atoms with Crippen molar-refractivity contribution >= 4 is 11.9 Å². The largest absolute Gasteiger partial charge is 0.484 e. The normalized spacial score (nSPS) is 12.0. The maximum atomic E-state index is 11.6. The molecule has 0 fully saturated rings. The lowest BCUT2D eigenvalue weighted by Gasteiger charge is -2.12. The van der Waals surface area contributed by atoms with Crippen LogP contribution in [-0.4, -0.2) is 30.1 Å². The van der Waals surface area contributed by atoms with Crippen molar-refractivity contribution in [2.45, 2.75) is 33.1 Å². The minimum atomic E-state index is -0.900. The van der Waals surface area contributed by atoms with Gasteiger partial charge in [0.05, 0.1) is 5.92 Å². The van der Waals surface area contributed by atoms with E-state index in [9.17, 15) is 9.59 Å². The van der Waals surface area contributed by atoms with Crippen molar-refractivity contribution in [1.29, 1.82) is 0 Å². The van der Waals surface area contributed by atoms with E-state index in [-0.39, 0.29) is 19.1 Å². The summed E-state index contributed by atoms with van der Waals surface area (Å²) in [5.41, 5.74) is 1.21. The SMILES string of the molecule is CCC(CNC(=O)COc1ccc(C(C)C)cc1)C(=O)O. The molecule has 5 nitrogen and oxygen atoms in total. The standard InChI is InChI=1S/C16H23NO4/c1-4-12(16(19)20)9-17-15(18)10-21-14-7-5-13(6-8-14)11(2)3/h5-8,11-12H,4,9-10H2,1-3H3,(H,17,18)(H,19,20). The van der Waals surface area contributed by atoms with Gasteiger partial charge >= 0.3 is 5.97 Å². The van der Waals surface area contributed by atoms with Gasteiger partial charge in [-0.3, -0.25) is 9.59 Å². The van der Waals surface area contributed by atoms with Crippen molar-refractivity contribution in [3.63, 3.8) is 0 Å². The van der Waals surface area contributed by atoms with E-state index in [1.807, 2.05) is 24.3 Å². The van der Waals surface area contributed by atoms with Gasteiger partial charge in [0.15, 0.2) is 6.61 Å². The highest BCUT2D eigenvalue weighted by Gasteiger charge is 2.15. The maximum Gasteiger partial charge on any atom is 0.308 e. The Balaban J connectivity index is 2.37. The van der Waals surface area contributed by atoms with Crippen molar-refractivity contribution in [1.82, 2.24) is 5.32 Å². The second-order valence-corrected chi connectivity index (χ2v) is 5.26. The zero-order valence-electron chi connectivity index (χ0n) is 12.8. The highest BCUT2D eigenvalue weighted by molar-refractivity contribution is 5.78. The summed E-state index contributed by atoms with van der Waals surface area (Å²) in [7, 11) is 0. The number of nitrogens with one attached hydrogen (secondary N) is 1. The zero-order valence-corrected chi connectivity index (χ0v) is 12.8. The molecule has 0 aliphatic rings. The third kappa shape index (κ3) is 5.85. The summed E-state index contributed by atoms with van der Waals surface area (Å²) in [5, 5.41) is 11.5. The van der Waals surface area contributed by atoms with E-state index in [2.05, 4.69) is 19.2 Å². The Morgan fingerprint density at radius 1 is 1.24 bits per heavy atom. The molecule has 5 heteroatoms. The van der Waals surface area contributed by atoms with E-state index in [1.54, 1.807) is 6.92 Å². The Morgan fingerprint density at radius 3 is 2.33 bits per heavy atom. The molecule has 0 aliphatic carbocycles. The monoisotopic (exact) mass is 293 g/mol. The first-order valence-electron chi connectivity index (χ1n) is 7.16. The van der Waals surface area contributed by atoms with Gasteiger partial charge in [0.25, 0.3) is 5.91 Å². The molecule has 1 atom stereocenters. The van der Waals surface area contributed by atoms with Crippen molar-refractivity contribution < 1.29 is 19.4 Å². The predicted molar refractivity (Wildman–Crippen MR) is 80.5 cm³/mol. The average molecular weight is 293 g/mol. The Morgan fingerprint density at radius 2 is 1.86 bits per heavy atom. The second kappa shape index (κ2) is 8.29. The topological polar surface area (TPSA) is 75.6 Å². The van der Waals surface area contributed by atoms with Crippen LogP contribution in [0.25, 0.3) is 0 Å². The first kappa shape index (κ1) is 17.0. The van der Waals surface area contributed by atoms with Gasteiger partial charge in [-0.15, -0.1) is 0 Å². The molecule has 1 aromatic rings. The van der Waals surface area contributed by atoms with Gasteiger partial charge in [-0.2, -0.15) is 0 Å². The van der Waals surface area contributed by atoms with Crippen molar-refractivity contribution in [3.8, 4) is 5.75 Å².